The van der Waals surface area contributed by atoms with Crippen molar-refractivity contribution >= 4 is 128 Å². The lowest BCUT2D eigenvalue weighted by Crippen LogP contribution is -2.11. The van der Waals surface area contributed by atoms with Crippen LogP contribution < -0.4 is 0 Å². The summed E-state index contributed by atoms with van der Waals surface area (Å²) in [5, 5.41) is 35.8. The fraction of sp³-hybridized carbons (Fsp3) is 0. The molecule has 75 heavy (non-hydrogen) atoms. The number of nitrogens with zero attached hydrogens (tertiary/aromatic N) is 5. The van der Waals surface area contributed by atoms with E-state index in [0.29, 0.717) is 22.4 Å². The topological polar surface area (TPSA) is 62.4 Å². The highest BCUT2D eigenvalue weighted by Gasteiger charge is 2.33. The number of benzene rings is 11. The molecule has 5 heterocycles. The number of para-hydroxylation sites is 3. The van der Waals surface area contributed by atoms with Gasteiger partial charge in [-0.3, -0.25) is 0 Å². The van der Waals surface area contributed by atoms with Crippen molar-refractivity contribution in [3.05, 3.63) is 236 Å². The molecule has 0 unspecified atom stereocenters. The van der Waals surface area contributed by atoms with Crippen molar-refractivity contribution in [1.29, 1.82) is 10.5 Å². The van der Waals surface area contributed by atoms with Gasteiger partial charge in [0.25, 0.3) is 0 Å². The molecule has 0 amide bonds. The molecule has 0 atom stereocenters. The highest BCUT2D eigenvalue weighted by Crippen LogP contribution is 2.53. The smallest absolute Gasteiger partial charge is 0.102 e. The molecular weight excluding hydrogens is 951 g/mol. The highest BCUT2D eigenvalue weighted by atomic mass is 32.1. The van der Waals surface area contributed by atoms with Crippen molar-refractivity contribution in [2.45, 2.75) is 0 Å². The van der Waals surface area contributed by atoms with E-state index in [4.69, 9.17) is 0 Å². The maximum absolute atomic E-state index is 12.3. The van der Waals surface area contributed by atoms with Crippen LogP contribution in [0.2, 0.25) is 0 Å². The second kappa shape index (κ2) is 15.9. The van der Waals surface area contributed by atoms with E-state index in [-0.39, 0.29) is 0 Å². The standard InChI is InChI=1S/C68H37N5S2/c69-38-51-60(40-18-3-1-4-19-40)52(39-70)64(73-65-46(34-36-48-44-24-10-15-32-58(44)74-67(48)65)47-35-37-49-45-25-11-16-33-59(45)75-68(49)66(47)73)61(41-20-5-2-6-21-41)63(51)72-55-29-14-9-26-50(55)62-56(30-17-31-57(62)72)71-53-27-12-7-22-42(53)43-23-8-13-28-54(43)71/h1-37H. The molecular formula is C68H37N5S2. The quantitative estimate of drug-likeness (QED) is 0.172. The Kier molecular flexibility index (Phi) is 8.85. The third-order valence-electron chi connectivity index (χ3n) is 15.5. The van der Waals surface area contributed by atoms with E-state index in [1.165, 1.54) is 30.9 Å². The minimum Gasteiger partial charge on any atom is -0.309 e. The van der Waals surface area contributed by atoms with Crippen LogP contribution >= 0.6 is 22.7 Å². The Morgan fingerprint density at radius 1 is 0.307 bits per heavy atom. The summed E-state index contributed by atoms with van der Waals surface area (Å²) < 4.78 is 11.8. The maximum Gasteiger partial charge on any atom is 0.102 e. The summed E-state index contributed by atoms with van der Waals surface area (Å²) in [6.07, 6.45) is 0. The normalized spacial score (nSPS) is 12.0. The van der Waals surface area contributed by atoms with Gasteiger partial charge in [0.2, 0.25) is 0 Å². The summed E-state index contributed by atoms with van der Waals surface area (Å²) in [6.45, 7) is 0. The lowest BCUT2D eigenvalue weighted by molar-refractivity contribution is 1.13. The van der Waals surface area contributed by atoms with Gasteiger partial charge in [-0.15, -0.1) is 22.7 Å². The second-order valence-electron chi connectivity index (χ2n) is 19.3. The Labute approximate surface area is 437 Å². The molecule has 5 nitrogen and oxygen atoms in total. The molecule has 16 aromatic rings. The summed E-state index contributed by atoms with van der Waals surface area (Å²) in [5.74, 6) is 0. The van der Waals surface area contributed by atoms with Gasteiger partial charge in [0.15, 0.2) is 0 Å². The van der Waals surface area contributed by atoms with Crippen LogP contribution in [0.25, 0.3) is 145 Å². The summed E-state index contributed by atoms with van der Waals surface area (Å²) in [7, 11) is 0. The molecule has 5 aromatic heterocycles. The average Bonchev–Trinajstić information content (AvgIpc) is 4.43. The first-order chi connectivity index (χ1) is 37.2. The molecule has 0 aliphatic rings. The summed E-state index contributed by atoms with van der Waals surface area (Å²) >= 11 is 3.59. The Morgan fingerprint density at radius 3 is 1.25 bits per heavy atom. The first-order valence-corrected chi connectivity index (χ1v) is 26.7. The molecule has 11 aromatic carbocycles. The number of nitriles is 2. The Morgan fingerprint density at radius 2 is 0.720 bits per heavy atom. The molecule has 346 valence electrons. The minimum absolute atomic E-state index is 0.421. The van der Waals surface area contributed by atoms with Crippen LogP contribution in [0.5, 0.6) is 0 Å². The van der Waals surface area contributed by atoms with Crippen LogP contribution in [0.1, 0.15) is 11.1 Å². The monoisotopic (exact) mass is 987 g/mol. The van der Waals surface area contributed by atoms with Gasteiger partial charge in [-0.1, -0.05) is 182 Å². The van der Waals surface area contributed by atoms with Gasteiger partial charge >= 0.3 is 0 Å². The molecule has 0 saturated carbocycles. The van der Waals surface area contributed by atoms with Crippen molar-refractivity contribution in [3.8, 4) is 51.5 Å². The van der Waals surface area contributed by atoms with Crippen LogP contribution in [0.4, 0.5) is 0 Å². The maximum atomic E-state index is 12.3. The molecule has 16 rings (SSSR count). The van der Waals surface area contributed by atoms with Crippen LogP contribution in [0, 0.1) is 22.7 Å². The highest BCUT2D eigenvalue weighted by molar-refractivity contribution is 7.27. The first kappa shape index (κ1) is 41.8. The molecule has 0 radical (unpaired) electrons. The summed E-state index contributed by atoms with van der Waals surface area (Å²) in [6, 6.07) is 85.1. The van der Waals surface area contributed by atoms with E-state index in [9.17, 15) is 10.5 Å². The Balaban J connectivity index is 1.18. The molecule has 0 aliphatic heterocycles. The van der Waals surface area contributed by atoms with Gasteiger partial charge in [0.1, 0.15) is 12.1 Å². The van der Waals surface area contributed by atoms with Gasteiger partial charge in [-0.05, 0) is 53.6 Å². The largest absolute Gasteiger partial charge is 0.309 e. The predicted octanol–water partition coefficient (Wildman–Crippen LogP) is 18.8. The van der Waals surface area contributed by atoms with Gasteiger partial charge < -0.3 is 13.7 Å². The molecule has 0 N–H and O–H groups in total. The molecule has 0 spiro atoms. The van der Waals surface area contributed by atoms with Gasteiger partial charge in [0.05, 0.1) is 70.7 Å². The van der Waals surface area contributed by atoms with E-state index in [0.717, 1.165) is 103 Å². The fourth-order valence-corrected chi connectivity index (χ4v) is 15.0. The van der Waals surface area contributed by atoms with Crippen LogP contribution in [0.3, 0.4) is 0 Å². The average molecular weight is 988 g/mol. The minimum atomic E-state index is 0.421. The SMILES string of the molecule is N#Cc1c(-c2ccccc2)c(C#N)c(-n2c3c(ccc4c5ccccc5sc43)c3ccc4c5ccccc5sc4c32)c(-c2ccccc2)c1-n1c2ccccc2c2c(-n3c4ccccc4c4ccccc43)cccc21. The number of hydrogen-bond acceptors (Lipinski definition) is 4. The molecule has 7 heteroatoms. The number of rotatable bonds is 5. The number of aromatic nitrogens is 3. The van der Waals surface area contributed by atoms with E-state index in [1.54, 1.807) is 22.7 Å². The lowest BCUT2D eigenvalue weighted by atomic mass is 9.86. The third-order valence-corrected chi connectivity index (χ3v) is 17.9. The zero-order chi connectivity index (χ0) is 49.5. The zero-order valence-corrected chi connectivity index (χ0v) is 41.5. The van der Waals surface area contributed by atoms with Crippen molar-refractivity contribution in [3.63, 3.8) is 0 Å². The molecule has 0 bridgehead atoms. The molecule has 0 saturated heterocycles. The van der Waals surface area contributed by atoms with Crippen molar-refractivity contribution in [2.24, 2.45) is 0 Å². The van der Waals surface area contributed by atoms with E-state index in [1.807, 2.05) is 36.4 Å². The Hall–Kier alpha value is -9.76. The number of thiophene rings is 2. The number of fused-ring (bicyclic) bond motifs is 17. The predicted molar refractivity (Wildman–Crippen MR) is 316 cm³/mol. The third kappa shape index (κ3) is 5.68. The molecule has 0 fully saturated rings. The van der Waals surface area contributed by atoms with Crippen LogP contribution in [0.15, 0.2) is 224 Å². The van der Waals surface area contributed by atoms with E-state index < -0.39 is 0 Å². The van der Waals surface area contributed by atoms with Crippen LogP contribution in [-0.2, 0) is 0 Å². The second-order valence-corrected chi connectivity index (χ2v) is 21.4. The van der Waals surface area contributed by atoms with Crippen molar-refractivity contribution in [2.75, 3.05) is 0 Å². The summed E-state index contributed by atoms with van der Waals surface area (Å²) in [4.78, 5) is 0. The van der Waals surface area contributed by atoms with Crippen molar-refractivity contribution < 1.29 is 0 Å². The van der Waals surface area contributed by atoms with Crippen LogP contribution in [-0.4, -0.2) is 13.7 Å². The number of hydrogen-bond donors (Lipinski definition) is 0. The Bertz CT molecular complexity index is 5030. The summed E-state index contributed by atoms with van der Waals surface area (Å²) in [5.41, 5.74) is 12.6. The molecule has 0 aliphatic carbocycles. The zero-order valence-electron chi connectivity index (χ0n) is 39.9. The van der Waals surface area contributed by atoms with Gasteiger partial charge in [-0.2, -0.15) is 10.5 Å². The van der Waals surface area contributed by atoms with Gasteiger partial charge in [0, 0.05) is 74.4 Å². The van der Waals surface area contributed by atoms with Gasteiger partial charge in [-0.25, -0.2) is 0 Å². The fourth-order valence-electron chi connectivity index (χ4n) is 12.5. The van der Waals surface area contributed by atoms with E-state index >= 15 is 0 Å². The lowest BCUT2D eigenvalue weighted by Gasteiger charge is -2.25. The van der Waals surface area contributed by atoms with Crippen molar-refractivity contribution in [1.82, 2.24) is 13.7 Å². The first-order valence-electron chi connectivity index (χ1n) is 25.0. The van der Waals surface area contributed by atoms with E-state index in [2.05, 4.69) is 214 Å².